The number of aryl methyl sites for hydroxylation is 1. The number of ketones is 1. The Morgan fingerprint density at radius 2 is 1.70 bits per heavy atom. The molecule has 0 radical (unpaired) electrons. The highest BCUT2D eigenvalue weighted by molar-refractivity contribution is 5.83. The second-order valence-corrected chi connectivity index (χ2v) is 9.56. The SMILES string of the molecule is Cc1cc(CC(=O)C(C)C)ccc1-c1cnc(N2C3CCC2CN(C(C)C)C3)nc1. The summed E-state index contributed by atoms with van der Waals surface area (Å²) in [6.45, 7) is 12.8. The average molecular weight is 407 g/mol. The van der Waals surface area contributed by atoms with Crippen molar-refractivity contribution in [2.24, 2.45) is 5.92 Å². The third-order valence-corrected chi connectivity index (χ3v) is 6.73. The Hall–Kier alpha value is -2.27. The van der Waals surface area contributed by atoms with Crippen LogP contribution < -0.4 is 4.90 Å². The van der Waals surface area contributed by atoms with Gasteiger partial charge in [0.1, 0.15) is 5.78 Å². The van der Waals surface area contributed by atoms with Crippen molar-refractivity contribution in [1.82, 2.24) is 14.9 Å². The van der Waals surface area contributed by atoms with Crippen LogP contribution in [0, 0.1) is 12.8 Å². The van der Waals surface area contributed by atoms with Crippen LogP contribution in [-0.4, -0.2) is 51.9 Å². The Morgan fingerprint density at radius 3 is 2.23 bits per heavy atom. The van der Waals surface area contributed by atoms with Crippen LogP contribution >= 0.6 is 0 Å². The number of aromatic nitrogens is 2. The lowest BCUT2D eigenvalue weighted by Crippen LogP contribution is -2.56. The molecule has 0 aliphatic carbocycles. The van der Waals surface area contributed by atoms with Gasteiger partial charge in [0.05, 0.1) is 0 Å². The van der Waals surface area contributed by atoms with Crippen LogP contribution in [0.1, 0.15) is 51.7 Å². The van der Waals surface area contributed by atoms with Gasteiger partial charge in [-0.05, 0) is 50.3 Å². The van der Waals surface area contributed by atoms with Crippen molar-refractivity contribution in [2.45, 2.75) is 72.0 Å². The monoisotopic (exact) mass is 406 g/mol. The number of Topliss-reactive ketones (excluding diaryl/α,β-unsaturated/α-hetero) is 1. The number of nitrogens with zero attached hydrogens (tertiary/aromatic N) is 4. The fourth-order valence-electron chi connectivity index (χ4n) is 4.84. The summed E-state index contributed by atoms with van der Waals surface area (Å²) in [6.07, 6.45) is 6.87. The normalized spacial score (nSPS) is 21.6. The first-order valence-corrected chi connectivity index (χ1v) is 11.3. The van der Waals surface area contributed by atoms with Crippen molar-refractivity contribution < 1.29 is 4.79 Å². The van der Waals surface area contributed by atoms with Gasteiger partial charge in [-0.15, -0.1) is 0 Å². The zero-order chi connectivity index (χ0) is 21.4. The van der Waals surface area contributed by atoms with Gasteiger partial charge in [-0.1, -0.05) is 32.0 Å². The van der Waals surface area contributed by atoms with Crippen molar-refractivity contribution in [3.05, 3.63) is 41.7 Å². The van der Waals surface area contributed by atoms with Crippen LogP contribution in [0.2, 0.25) is 0 Å². The van der Waals surface area contributed by atoms with E-state index in [0.717, 1.165) is 41.3 Å². The van der Waals surface area contributed by atoms with Crippen LogP contribution in [0.4, 0.5) is 5.95 Å². The molecular weight excluding hydrogens is 372 g/mol. The summed E-state index contributed by atoms with van der Waals surface area (Å²) in [6, 6.07) is 7.92. The van der Waals surface area contributed by atoms with E-state index < -0.39 is 0 Å². The molecule has 2 aliphatic heterocycles. The molecule has 0 amide bonds. The first kappa shape index (κ1) is 21.0. The molecule has 0 saturated carbocycles. The summed E-state index contributed by atoms with van der Waals surface area (Å²) in [5.41, 5.74) is 4.40. The molecule has 3 heterocycles. The molecule has 5 nitrogen and oxygen atoms in total. The average Bonchev–Trinajstić information content (AvgIpc) is 2.97. The van der Waals surface area contributed by atoms with Gasteiger partial charge in [-0.25, -0.2) is 9.97 Å². The number of hydrogen-bond donors (Lipinski definition) is 0. The van der Waals surface area contributed by atoms with Gasteiger partial charge in [0.15, 0.2) is 0 Å². The summed E-state index contributed by atoms with van der Waals surface area (Å²) in [7, 11) is 0. The van der Waals surface area contributed by atoms with Gasteiger partial charge in [0.2, 0.25) is 5.95 Å². The second kappa shape index (κ2) is 8.46. The van der Waals surface area contributed by atoms with E-state index in [9.17, 15) is 4.79 Å². The topological polar surface area (TPSA) is 49.3 Å². The van der Waals surface area contributed by atoms with Crippen molar-refractivity contribution in [2.75, 3.05) is 18.0 Å². The largest absolute Gasteiger partial charge is 0.332 e. The molecule has 2 bridgehead atoms. The molecule has 2 saturated heterocycles. The third kappa shape index (κ3) is 4.13. The molecular formula is C25H34N4O. The molecule has 1 aromatic heterocycles. The van der Waals surface area contributed by atoms with Crippen LogP contribution in [0.3, 0.4) is 0 Å². The summed E-state index contributed by atoms with van der Waals surface area (Å²) in [5.74, 6) is 1.22. The number of carbonyl (C=O) groups is 1. The number of fused-ring (bicyclic) bond motifs is 2. The summed E-state index contributed by atoms with van der Waals surface area (Å²) >= 11 is 0. The highest BCUT2D eigenvalue weighted by Gasteiger charge is 2.41. The molecule has 2 aromatic rings. The number of piperazine rings is 1. The van der Waals surface area contributed by atoms with Crippen LogP contribution in [0.15, 0.2) is 30.6 Å². The van der Waals surface area contributed by atoms with Gasteiger partial charge >= 0.3 is 0 Å². The van der Waals surface area contributed by atoms with Gasteiger partial charge in [0, 0.05) is 61.5 Å². The lowest BCUT2D eigenvalue weighted by atomic mass is 9.96. The van der Waals surface area contributed by atoms with Crippen molar-refractivity contribution in [3.8, 4) is 11.1 Å². The number of anilines is 1. The Balaban J connectivity index is 1.50. The molecule has 2 aliphatic rings. The molecule has 2 unspecified atom stereocenters. The summed E-state index contributed by atoms with van der Waals surface area (Å²) in [5, 5.41) is 0. The molecule has 5 heteroatoms. The molecule has 1 aromatic carbocycles. The van der Waals surface area contributed by atoms with Gasteiger partial charge in [-0.3, -0.25) is 9.69 Å². The molecule has 2 atom stereocenters. The maximum atomic E-state index is 12.1. The lowest BCUT2D eigenvalue weighted by molar-refractivity contribution is -0.121. The van der Waals surface area contributed by atoms with Crippen LogP contribution in [-0.2, 0) is 11.2 Å². The smallest absolute Gasteiger partial charge is 0.225 e. The van der Waals surface area contributed by atoms with E-state index in [1.54, 1.807) is 0 Å². The van der Waals surface area contributed by atoms with Gasteiger partial charge in [-0.2, -0.15) is 0 Å². The van der Waals surface area contributed by atoms with E-state index in [4.69, 9.17) is 9.97 Å². The second-order valence-electron chi connectivity index (χ2n) is 9.56. The number of benzene rings is 1. The van der Waals surface area contributed by atoms with E-state index in [0.29, 0.717) is 24.5 Å². The zero-order valence-electron chi connectivity index (χ0n) is 18.9. The Morgan fingerprint density at radius 1 is 1.07 bits per heavy atom. The standard InChI is InChI=1S/C25H34N4O/c1-16(2)24(30)11-19-6-9-23(18(5)10-19)20-12-26-25(27-13-20)29-21-7-8-22(29)15-28(14-21)17(3)4/h6,9-10,12-13,16-17,21-22H,7-8,11,14-15H2,1-5H3. The zero-order valence-corrected chi connectivity index (χ0v) is 18.9. The highest BCUT2D eigenvalue weighted by atomic mass is 16.1. The number of rotatable bonds is 6. The minimum atomic E-state index is 0.0728. The quantitative estimate of drug-likeness (QED) is 0.717. The Kier molecular flexibility index (Phi) is 5.92. The van der Waals surface area contributed by atoms with E-state index in [2.05, 4.69) is 48.8 Å². The maximum absolute atomic E-state index is 12.1. The first-order valence-electron chi connectivity index (χ1n) is 11.3. The lowest BCUT2D eigenvalue weighted by Gasteiger charge is -2.42. The molecule has 30 heavy (non-hydrogen) atoms. The fraction of sp³-hybridized carbons (Fsp3) is 0.560. The molecule has 0 spiro atoms. The third-order valence-electron chi connectivity index (χ3n) is 6.73. The predicted octanol–water partition coefficient (Wildman–Crippen LogP) is 4.28. The summed E-state index contributed by atoms with van der Waals surface area (Å²) in [4.78, 5) is 26.6. The van der Waals surface area contributed by atoms with Gasteiger partial charge in [0.25, 0.3) is 0 Å². The van der Waals surface area contributed by atoms with E-state index in [1.807, 2.05) is 26.2 Å². The maximum Gasteiger partial charge on any atom is 0.225 e. The van der Waals surface area contributed by atoms with Crippen LogP contribution in [0.25, 0.3) is 11.1 Å². The first-order chi connectivity index (χ1) is 14.3. The Labute approximate surface area is 180 Å². The minimum absolute atomic E-state index is 0.0728. The highest BCUT2D eigenvalue weighted by Crippen LogP contribution is 2.34. The molecule has 2 fully saturated rings. The van der Waals surface area contributed by atoms with Crippen molar-refractivity contribution in [1.29, 1.82) is 0 Å². The molecule has 0 N–H and O–H groups in total. The Bertz CT molecular complexity index is 892. The van der Waals surface area contributed by atoms with Crippen LogP contribution in [0.5, 0.6) is 0 Å². The van der Waals surface area contributed by atoms with E-state index in [1.165, 1.54) is 12.8 Å². The number of likely N-dealkylation sites (tertiary alicyclic amines) is 1. The van der Waals surface area contributed by atoms with Crippen molar-refractivity contribution in [3.63, 3.8) is 0 Å². The molecule has 4 rings (SSSR count). The van der Waals surface area contributed by atoms with E-state index >= 15 is 0 Å². The summed E-state index contributed by atoms with van der Waals surface area (Å²) < 4.78 is 0. The van der Waals surface area contributed by atoms with E-state index in [-0.39, 0.29) is 11.7 Å². The fourth-order valence-corrected chi connectivity index (χ4v) is 4.84. The van der Waals surface area contributed by atoms with Crippen molar-refractivity contribution >= 4 is 11.7 Å². The number of carbonyl (C=O) groups excluding carboxylic acids is 1. The predicted molar refractivity (Wildman–Crippen MR) is 122 cm³/mol. The minimum Gasteiger partial charge on any atom is -0.332 e. The number of hydrogen-bond acceptors (Lipinski definition) is 5. The van der Waals surface area contributed by atoms with Gasteiger partial charge < -0.3 is 4.90 Å². The molecule has 160 valence electrons.